The summed E-state index contributed by atoms with van der Waals surface area (Å²) >= 11 is 0. The molecule has 47 heavy (non-hydrogen) atoms. The first-order valence-electron chi connectivity index (χ1n) is 15.4. The van der Waals surface area contributed by atoms with Gasteiger partial charge in [0.1, 0.15) is 5.69 Å². The molecule has 2 aliphatic heterocycles. The monoisotopic (exact) mass is 642 g/mol. The lowest BCUT2D eigenvalue weighted by atomic mass is 10.0. The van der Waals surface area contributed by atoms with Crippen LogP contribution in [0.1, 0.15) is 44.7 Å². The number of anilines is 2. The highest BCUT2D eigenvalue weighted by Gasteiger charge is 2.35. The zero-order valence-corrected chi connectivity index (χ0v) is 26.7. The molecule has 1 saturated heterocycles. The lowest BCUT2D eigenvalue weighted by Gasteiger charge is -2.22. The number of amides is 1. The molecule has 2 aromatic carbocycles. The van der Waals surface area contributed by atoms with Crippen LogP contribution in [-0.4, -0.2) is 76.9 Å². The molecule has 4 heterocycles. The van der Waals surface area contributed by atoms with Gasteiger partial charge in [-0.3, -0.25) is 14.1 Å². The molecule has 0 aliphatic carbocycles. The van der Waals surface area contributed by atoms with Crippen molar-refractivity contribution in [3.8, 4) is 11.8 Å². The second kappa shape index (κ2) is 13.1. The SMILES string of the molecule is Cc1ccc(C(=O)Nc2ccc(CN3CCC(N(C)C)C3)c(C(F)(F)F)c2)cc1C#Cc1cnc2c(NC3=CN(C)NC3)cccn12. The maximum Gasteiger partial charge on any atom is 0.416 e. The van der Waals surface area contributed by atoms with Crippen LogP contribution in [0.5, 0.6) is 0 Å². The highest BCUT2D eigenvalue weighted by molar-refractivity contribution is 6.04. The molecule has 1 fully saturated rings. The van der Waals surface area contributed by atoms with E-state index in [1.54, 1.807) is 24.4 Å². The van der Waals surface area contributed by atoms with Crippen LogP contribution in [0.4, 0.5) is 24.5 Å². The van der Waals surface area contributed by atoms with Crippen LogP contribution in [0.2, 0.25) is 0 Å². The predicted molar refractivity (Wildman–Crippen MR) is 177 cm³/mol. The van der Waals surface area contributed by atoms with Gasteiger partial charge in [0.25, 0.3) is 5.91 Å². The second-order valence-electron chi connectivity index (χ2n) is 12.2. The van der Waals surface area contributed by atoms with E-state index >= 15 is 0 Å². The summed E-state index contributed by atoms with van der Waals surface area (Å²) in [7, 11) is 5.90. The molecule has 1 unspecified atom stereocenters. The number of rotatable bonds is 7. The van der Waals surface area contributed by atoms with Crippen molar-refractivity contribution in [3.05, 3.63) is 106 Å². The van der Waals surface area contributed by atoms with Gasteiger partial charge in [-0.2, -0.15) is 13.2 Å². The molecule has 1 atom stereocenters. The third kappa shape index (κ3) is 7.28. The summed E-state index contributed by atoms with van der Waals surface area (Å²) in [6.07, 6.45) is 1.91. The van der Waals surface area contributed by atoms with Crippen molar-refractivity contribution in [1.29, 1.82) is 0 Å². The van der Waals surface area contributed by atoms with Crippen molar-refractivity contribution in [2.75, 3.05) is 51.4 Å². The molecule has 3 N–H and O–H groups in total. The van der Waals surface area contributed by atoms with Gasteiger partial charge < -0.3 is 20.5 Å². The maximum atomic E-state index is 14.1. The van der Waals surface area contributed by atoms with Crippen molar-refractivity contribution in [2.45, 2.75) is 32.1 Å². The fourth-order valence-electron chi connectivity index (χ4n) is 5.89. The Morgan fingerprint density at radius 1 is 1.15 bits per heavy atom. The van der Waals surface area contributed by atoms with E-state index < -0.39 is 17.6 Å². The number of nitrogens with zero attached hydrogens (tertiary/aromatic N) is 5. The van der Waals surface area contributed by atoms with Crippen molar-refractivity contribution < 1.29 is 18.0 Å². The quantitative estimate of drug-likeness (QED) is 0.241. The van der Waals surface area contributed by atoms with Crippen LogP contribution in [0.3, 0.4) is 0 Å². The third-order valence-corrected chi connectivity index (χ3v) is 8.57. The molecule has 0 bridgehead atoms. The number of nitrogens with one attached hydrogen (secondary N) is 3. The first kappa shape index (κ1) is 32.1. The molecule has 1 amide bonds. The smallest absolute Gasteiger partial charge is 0.354 e. The topological polar surface area (TPSA) is 80.2 Å². The zero-order valence-electron chi connectivity index (χ0n) is 26.7. The van der Waals surface area contributed by atoms with E-state index in [1.165, 1.54) is 12.1 Å². The second-order valence-corrected chi connectivity index (χ2v) is 12.2. The number of benzene rings is 2. The van der Waals surface area contributed by atoms with Gasteiger partial charge in [0, 0.05) is 67.6 Å². The van der Waals surface area contributed by atoms with E-state index in [0.29, 0.717) is 30.4 Å². The molecule has 9 nitrogen and oxygen atoms in total. The number of fused-ring (bicyclic) bond motifs is 1. The average molecular weight is 643 g/mol. The lowest BCUT2D eigenvalue weighted by molar-refractivity contribution is -0.138. The molecular weight excluding hydrogens is 605 g/mol. The lowest BCUT2D eigenvalue weighted by Crippen LogP contribution is -2.31. The summed E-state index contributed by atoms with van der Waals surface area (Å²) in [5.41, 5.74) is 7.73. The molecule has 0 saturated carbocycles. The molecule has 4 aromatic rings. The van der Waals surface area contributed by atoms with Crippen molar-refractivity contribution >= 4 is 22.9 Å². The summed E-state index contributed by atoms with van der Waals surface area (Å²) in [6, 6.07) is 13.3. The highest BCUT2D eigenvalue weighted by atomic mass is 19.4. The van der Waals surface area contributed by atoms with Crippen molar-refractivity contribution in [2.24, 2.45) is 0 Å². The number of aryl methyl sites for hydroxylation is 1. The van der Waals surface area contributed by atoms with Gasteiger partial charge in [-0.25, -0.2) is 10.4 Å². The summed E-state index contributed by atoms with van der Waals surface area (Å²) in [4.78, 5) is 21.9. The van der Waals surface area contributed by atoms with Crippen LogP contribution in [-0.2, 0) is 12.7 Å². The minimum Gasteiger partial charge on any atom is -0.354 e. The van der Waals surface area contributed by atoms with Gasteiger partial charge in [-0.15, -0.1) is 0 Å². The van der Waals surface area contributed by atoms with Gasteiger partial charge in [-0.05, 0) is 80.9 Å². The molecule has 2 aromatic heterocycles. The van der Waals surface area contributed by atoms with Gasteiger partial charge >= 0.3 is 6.18 Å². The minimum atomic E-state index is -4.56. The van der Waals surface area contributed by atoms with E-state index in [4.69, 9.17) is 0 Å². The Morgan fingerprint density at radius 3 is 2.70 bits per heavy atom. The number of imidazole rings is 1. The van der Waals surface area contributed by atoms with E-state index in [0.717, 1.165) is 41.6 Å². The fraction of sp³-hybridized carbons (Fsp3) is 0.314. The number of carbonyl (C=O) groups excluding carboxylic acids is 1. The average Bonchev–Trinajstić information content (AvgIpc) is 3.77. The highest BCUT2D eigenvalue weighted by Crippen LogP contribution is 2.35. The first-order chi connectivity index (χ1) is 22.4. The predicted octanol–water partition coefficient (Wildman–Crippen LogP) is 5.15. The Kier molecular flexibility index (Phi) is 8.96. The number of hydrogen-bond acceptors (Lipinski definition) is 7. The van der Waals surface area contributed by atoms with Crippen molar-refractivity contribution in [1.82, 2.24) is 29.6 Å². The molecule has 12 heteroatoms. The van der Waals surface area contributed by atoms with Crippen molar-refractivity contribution in [3.63, 3.8) is 0 Å². The number of hydrazine groups is 1. The molecule has 0 radical (unpaired) electrons. The number of alkyl halides is 3. The molecule has 244 valence electrons. The van der Waals surface area contributed by atoms with Crippen LogP contribution in [0.15, 0.2) is 72.8 Å². The van der Waals surface area contributed by atoms with Crippen LogP contribution >= 0.6 is 0 Å². The number of hydrogen-bond donors (Lipinski definition) is 3. The Balaban J connectivity index is 1.19. The summed E-state index contributed by atoms with van der Waals surface area (Å²) < 4.78 is 44.2. The molecule has 6 rings (SSSR count). The van der Waals surface area contributed by atoms with Gasteiger partial charge in [0.05, 0.1) is 24.0 Å². The third-order valence-electron chi connectivity index (χ3n) is 8.57. The van der Waals surface area contributed by atoms with Gasteiger partial charge in [-0.1, -0.05) is 18.1 Å². The zero-order chi connectivity index (χ0) is 33.3. The van der Waals surface area contributed by atoms with Crippen LogP contribution < -0.4 is 16.1 Å². The number of halogens is 3. The Labute approximate surface area is 272 Å². The molecular formula is C35H37F3N8O. The molecule has 0 spiro atoms. The number of pyridine rings is 1. The largest absolute Gasteiger partial charge is 0.416 e. The Bertz CT molecular complexity index is 1900. The van der Waals surface area contributed by atoms with E-state index in [1.807, 2.05) is 66.9 Å². The fourth-order valence-corrected chi connectivity index (χ4v) is 5.89. The maximum absolute atomic E-state index is 14.1. The number of aromatic nitrogens is 2. The van der Waals surface area contributed by atoms with E-state index in [-0.39, 0.29) is 23.4 Å². The minimum absolute atomic E-state index is 0.0813. The summed E-state index contributed by atoms with van der Waals surface area (Å²) in [6.45, 7) is 4.22. The summed E-state index contributed by atoms with van der Waals surface area (Å²) in [5.74, 6) is 5.79. The van der Waals surface area contributed by atoms with Gasteiger partial charge in [0.15, 0.2) is 5.65 Å². The van der Waals surface area contributed by atoms with Crippen LogP contribution in [0.25, 0.3) is 5.65 Å². The van der Waals surface area contributed by atoms with Gasteiger partial charge in [0.2, 0.25) is 0 Å². The number of likely N-dealkylation sites (N-methyl/N-ethyl adjacent to an activating group) is 1. The van der Waals surface area contributed by atoms with E-state index in [9.17, 15) is 18.0 Å². The normalized spacial score (nSPS) is 16.8. The first-order valence-corrected chi connectivity index (χ1v) is 15.4. The number of likely N-dealkylation sites (tertiary alicyclic amines) is 1. The number of carbonyl (C=O) groups is 1. The summed E-state index contributed by atoms with van der Waals surface area (Å²) in [5, 5.41) is 7.94. The Morgan fingerprint density at radius 2 is 1.98 bits per heavy atom. The molecule has 2 aliphatic rings. The van der Waals surface area contributed by atoms with E-state index in [2.05, 4.69) is 37.8 Å². The Hall–Kier alpha value is -4.83. The standard InChI is InChI=1S/C35H37F3N8O/c1-23-7-8-25(16-24(23)10-12-29-19-39-33-32(6-5-14-46(29)33)41-28-18-40-44(4)21-28)34(47)42-27-11-9-26(31(17-27)35(36,37)38)20-45-15-13-30(22-45)43(2)3/h5-9,11,14,16-17,19,21,30,40-41H,13,15,18,20,22H2,1-4H3,(H,42,47). The van der Waals surface area contributed by atoms with Crippen LogP contribution in [0, 0.1) is 18.8 Å².